The van der Waals surface area contributed by atoms with Crippen LogP contribution >= 0.6 is 0 Å². The number of ether oxygens (including phenoxy) is 3. The summed E-state index contributed by atoms with van der Waals surface area (Å²) in [7, 11) is 0. The van der Waals surface area contributed by atoms with E-state index in [1.807, 2.05) is 74.5 Å². The molecular weight excluding hydrogens is 773 g/mol. The predicted octanol–water partition coefficient (Wildman–Crippen LogP) is 11.0. The number of piperidine rings is 3. The Hall–Kier alpha value is -4.23. The number of hydrogen-bond acceptors (Lipinski definition) is 9. The average Bonchev–Trinajstić information content (AvgIpc) is 3.29. The van der Waals surface area contributed by atoms with Crippen LogP contribution in [0.3, 0.4) is 0 Å². The molecule has 3 heterocycles. The van der Waals surface area contributed by atoms with E-state index >= 15 is 0 Å². The zero-order chi connectivity index (χ0) is 44.5. The Kier molecular flexibility index (Phi) is 23.1. The lowest BCUT2D eigenvalue weighted by atomic mass is 9.92. The Bertz CT molecular complexity index is 1720. The van der Waals surface area contributed by atoms with E-state index in [2.05, 4.69) is 48.5 Å². The first kappa shape index (κ1) is 50.4. The maximum Gasteiger partial charge on any atom is 0.162 e. The molecule has 3 aliphatic heterocycles. The topological polar surface area (TPSA) is 95.3 Å². The highest BCUT2D eigenvalue weighted by molar-refractivity contribution is 5.96. The van der Waals surface area contributed by atoms with Gasteiger partial charge < -0.3 is 28.9 Å². The minimum Gasteiger partial charge on any atom is -0.494 e. The quantitative estimate of drug-likeness (QED) is 0.0863. The molecule has 6 rings (SSSR count). The molecule has 0 radical (unpaired) electrons. The van der Waals surface area contributed by atoms with Crippen LogP contribution in [0.15, 0.2) is 72.8 Å². The molecule has 3 aromatic rings. The third-order valence-corrected chi connectivity index (χ3v) is 12.4. The molecule has 0 amide bonds. The fourth-order valence-corrected chi connectivity index (χ4v) is 8.67. The van der Waals surface area contributed by atoms with Crippen LogP contribution in [0.25, 0.3) is 0 Å². The van der Waals surface area contributed by atoms with Crippen LogP contribution in [0, 0.1) is 29.1 Å². The van der Waals surface area contributed by atoms with Crippen molar-refractivity contribution in [3.8, 4) is 23.3 Å². The Balaban J connectivity index is 0.000000205. The highest BCUT2D eigenvalue weighted by Crippen LogP contribution is 2.22. The molecule has 3 aromatic carbocycles. The van der Waals surface area contributed by atoms with E-state index in [1.54, 1.807) is 12.1 Å². The van der Waals surface area contributed by atoms with Crippen LogP contribution in [-0.4, -0.2) is 104 Å². The van der Waals surface area contributed by atoms with E-state index in [0.29, 0.717) is 18.4 Å². The lowest BCUT2D eigenvalue weighted by molar-refractivity contribution is 0.0980. The van der Waals surface area contributed by atoms with Crippen LogP contribution in [-0.2, 0) is 0 Å². The summed E-state index contributed by atoms with van der Waals surface area (Å²) in [6.07, 6.45) is 12.3. The molecule has 0 spiro atoms. The minimum atomic E-state index is 0.181. The second kappa shape index (κ2) is 28.5. The molecule has 9 nitrogen and oxygen atoms in total. The summed E-state index contributed by atoms with van der Waals surface area (Å²) >= 11 is 0. The molecule has 0 aliphatic carbocycles. The molecule has 3 aliphatic rings. The van der Waals surface area contributed by atoms with E-state index in [-0.39, 0.29) is 11.6 Å². The molecular formula is C53H78N4O5. The maximum absolute atomic E-state index is 11.5. The largest absolute Gasteiger partial charge is 0.494 e. The van der Waals surface area contributed by atoms with Crippen molar-refractivity contribution in [2.45, 2.75) is 118 Å². The number of hydrogen-bond donors (Lipinski definition) is 0. The maximum atomic E-state index is 11.5. The zero-order valence-electron chi connectivity index (χ0n) is 39.1. The zero-order valence-corrected chi connectivity index (χ0v) is 39.1. The summed E-state index contributed by atoms with van der Waals surface area (Å²) < 4.78 is 17.2. The van der Waals surface area contributed by atoms with Gasteiger partial charge in [0.1, 0.15) is 17.2 Å². The molecule has 0 bridgehead atoms. The number of nitriles is 1. The normalized spacial score (nSPS) is 19.8. The summed E-state index contributed by atoms with van der Waals surface area (Å²) in [6, 6.07) is 25.1. The highest BCUT2D eigenvalue weighted by Gasteiger charge is 2.21. The number of nitrogens with zero attached hydrogens (tertiary/aromatic N) is 4. The van der Waals surface area contributed by atoms with Gasteiger partial charge in [-0.2, -0.15) is 5.26 Å². The van der Waals surface area contributed by atoms with Crippen LogP contribution in [0.1, 0.15) is 138 Å². The lowest BCUT2D eigenvalue weighted by Crippen LogP contribution is -2.39. The number of Topliss-reactive ketones (excluding diaryl/α,β-unsaturated/α-hetero) is 2. The second-order valence-electron chi connectivity index (χ2n) is 18.0. The van der Waals surface area contributed by atoms with E-state index in [4.69, 9.17) is 19.5 Å². The smallest absolute Gasteiger partial charge is 0.162 e. The van der Waals surface area contributed by atoms with Crippen molar-refractivity contribution in [2.75, 3.05) is 72.2 Å². The van der Waals surface area contributed by atoms with E-state index < -0.39 is 0 Å². The van der Waals surface area contributed by atoms with Gasteiger partial charge in [-0.15, -0.1) is 0 Å². The molecule has 0 N–H and O–H groups in total. The van der Waals surface area contributed by atoms with Gasteiger partial charge in [-0.1, -0.05) is 41.0 Å². The minimum absolute atomic E-state index is 0.181. The highest BCUT2D eigenvalue weighted by atomic mass is 16.5. The molecule has 9 heteroatoms. The van der Waals surface area contributed by atoms with Crippen molar-refractivity contribution in [3.05, 3.63) is 89.5 Å². The van der Waals surface area contributed by atoms with Gasteiger partial charge >= 0.3 is 0 Å². The molecule has 3 fully saturated rings. The van der Waals surface area contributed by atoms with Crippen molar-refractivity contribution >= 4 is 11.6 Å². The number of rotatable bonds is 19. The molecule has 340 valence electrons. The number of carbonyl (C=O) groups is 2. The van der Waals surface area contributed by atoms with Gasteiger partial charge in [-0.05, 0) is 168 Å². The van der Waals surface area contributed by atoms with Crippen molar-refractivity contribution < 1.29 is 23.8 Å². The SMILES string of the molecule is CC1CC(C)CN(CCCOc2ccc(C#N)cc2)C1.CCC(=O)c1ccc(OCCCN2CCC(C)CC2)cc1.CCC(=O)c1ccc(OCCCN2CCCCC2C)cc1. The van der Waals surface area contributed by atoms with E-state index in [1.165, 1.54) is 71.2 Å². The Morgan fingerprint density at radius 2 is 1.03 bits per heavy atom. The predicted molar refractivity (Wildman–Crippen MR) is 253 cm³/mol. The van der Waals surface area contributed by atoms with Crippen molar-refractivity contribution in [1.82, 2.24) is 14.7 Å². The molecule has 3 atom stereocenters. The van der Waals surface area contributed by atoms with Crippen LogP contribution in [0.4, 0.5) is 0 Å². The summed E-state index contributed by atoms with van der Waals surface area (Å²) in [6.45, 7) is 24.8. The van der Waals surface area contributed by atoms with Gasteiger partial charge in [0.15, 0.2) is 11.6 Å². The summed E-state index contributed by atoms with van der Waals surface area (Å²) in [5, 5.41) is 8.73. The summed E-state index contributed by atoms with van der Waals surface area (Å²) in [4.78, 5) is 30.7. The second-order valence-corrected chi connectivity index (χ2v) is 18.0. The number of likely N-dealkylation sites (tertiary alicyclic amines) is 3. The van der Waals surface area contributed by atoms with Crippen molar-refractivity contribution in [3.63, 3.8) is 0 Å². The van der Waals surface area contributed by atoms with Gasteiger partial charge in [0.05, 0.1) is 31.5 Å². The van der Waals surface area contributed by atoms with Crippen molar-refractivity contribution in [2.24, 2.45) is 17.8 Å². The first-order valence-corrected chi connectivity index (χ1v) is 23.9. The van der Waals surface area contributed by atoms with Gasteiger partial charge in [-0.3, -0.25) is 9.59 Å². The van der Waals surface area contributed by atoms with Gasteiger partial charge in [-0.25, -0.2) is 0 Å². The summed E-state index contributed by atoms with van der Waals surface area (Å²) in [5.41, 5.74) is 2.22. The molecule has 0 aromatic heterocycles. The third-order valence-electron chi connectivity index (χ3n) is 12.4. The number of benzene rings is 3. The fourth-order valence-electron chi connectivity index (χ4n) is 8.67. The fraction of sp³-hybridized carbons (Fsp3) is 0.604. The Morgan fingerprint density at radius 3 is 1.48 bits per heavy atom. The first-order valence-electron chi connectivity index (χ1n) is 23.9. The molecule has 3 saturated heterocycles. The average molecular weight is 851 g/mol. The molecule has 0 saturated carbocycles. The first-order chi connectivity index (χ1) is 30.1. The van der Waals surface area contributed by atoms with Crippen LogP contribution in [0.2, 0.25) is 0 Å². The van der Waals surface area contributed by atoms with Gasteiger partial charge in [0.2, 0.25) is 0 Å². The van der Waals surface area contributed by atoms with Crippen molar-refractivity contribution in [1.29, 1.82) is 5.26 Å². The number of carbonyl (C=O) groups excluding carboxylic acids is 2. The lowest BCUT2D eigenvalue weighted by Gasteiger charge is -2.34. The number of ketones is 2. The van der Waals surface area contributed by atoms with Crippen LogP contribution < -0.4 is 14.2 Å². The Morgan fingerprint density at radius 1 is 0.581 bits per heavy atom. The van der Waals surface area contributed by atoms with Crippen LogP contribution in [0.5, 0.6) is 17.2 Å². The molecule has 62 heavy (non-hydrogen) atoms. The standard InChI is InChI=1S/2C18H27NO2.C17H24N2O/c1-3-18(20)16-5-7-17(8-6-16)21-14-4-11-19-12-9-15(2)10-13-19;1-3-18(20)16-8-10-17(11-9-16)21-14-6-13-19-12-5-4-7-15(19)2;1-14-10-15(2)13-19(12-14)8-3-9-20-17-6-4-16(11-18)5-7-17/h5-8,15H,3-4,9-14H2,1-2H3;8-11,15H,3-7,12-14H2,1-2H3;4-7,14-15H,3,8-10,12-13H2,1-2H3. The van der Waals surface area contributed by atoms with E-state index in [0.717, 1.165) is 111 Å². The summed E-state index contributed by atoms with van der Waals surface area (Å²) in [5.74, 6) is 5.45. The monoisotopic (exact) mass is 851 g/mol. The van der Waals surface area contributed by atoms with Gasteiger partial charge in [0.25, 0.3) is 0 Å². The third kappa shape index (κ3) is 19.0. The van der Waals surface area contributed by atoms with Gasteiger partial charge in [0, 0.05) is 62.7 Å². The Labute approximate surface area is 375 Å². The van der Waals surface area contributed by atoms with E-state index in [9.17, 15) is 9.59 Å². The molecule has 3 unspecified atom stereocenters.